The van der Waals surface area contributed by atoms with E-state index in [9.17, 15) is 4.79 Å². The number of amides is 1. The van der Waals surface area contributed by atoms with Crippen LogP contribution in [-0.4, -0.2) is 12.1 Å². The monoisotopic (exact) mass is 320 g/mol. The molecular formula is C16H14Cl2N2O. The lowest BCUT2D eigenvalue weighted by molar-refractivity contribution is 0.0955. The van der Waals surface area contributed by atoms with Gasteiger partial charge in [0.15, 0.2) is 0 Å². The standard InChI is InChI=1S/C16H14Cl2N2O/c1-11(12-5-3-2-4-6-12)10-19-20-16(21)14-9-13(17)7-8-15(14)18/h2-11H,1H3,(H,20,21)/b19-10-/t11-/m0/s1. The number of carbonyl (C=O) groups is 1. The van der Waals surface area contributed by atoms with Crippen LogP contribution in [0.2, 0.25) is 10.0 Å². The summed E-state index contributed by atoms with van der Waals surface area (Å²) in [6.07, 6.45) is 1.67. The Kier molecular flexibility index (Phi) is 5.37. The number of benzene rings is 2. The number of nitrogens with one attached hydrogen (secondary N) is 1. The lowest BCUT2D eigenvalue weighted by Crippen LogP contribution is -2.18. The molecule has 2 aromatic rings. The van der Waals surface area contributed by atoms with E-state index in [1.807, 2.05) is 37.3 Å². The van der Waals surface area contributed by atoms with Crippen molar-refractivity contribution in [2.45, 2.75) is 12.8 Å². The molecule has 2 aromatic carbocycles. The summed E-state index contributed by atoms with van der Waals surface area (Å²) in [7, 11) is 0. The largest absolute Gasteiger partial charge is 0.272 e. The zero-order valence-electron chi connectivity index (χ0n) is 11.4. The molecule has 108 valence electrons. The quantitative estimate of drug-likeness (QED) is 0.653. The van der Waals surface area contributed by atoms with Crippen LogP contribution in [0.1, 0.15) is 28.8 Å². The normalized spacial score (nSPS) is 12.3. The van der Waals surface area contributed by atoms with Crippen LogP contribution in [0.3, 0.4) is 0 Å². The molecule has 3 nitrogen and oxygen atoms in total. The van der Waals surface area contributed by atoms with Gasteiger partial charge < -0.3 is 0 Å². The van der Waals surface area contributed by atoms with Gasteiger partial charge in [-0.2, -0.15) is 5.10 Å². The minimum atomic E-state index is -0.390. The maximum Gasteiger partial charge on any atom is 0.272 e. The first-order valence-corrected chi connectivity index (χ1v) is 7.17. The molecule has 0 aliphatic carbocycles. The summed E-state index contributed by atoms with van der Waals surface area (Å²) >= 11 is 11.8. The Balaban J connectivity index is 2.01. The van der Waals surface area contributed by atoms with Crippen LogP contribution in [-0.2, 0) is 0 Å². The molecule has 0 radical (unpaired) electrons. The molecule has 21 heavy (non-hydrogen) atoms. The summed E-state index contributed by atoms with van der Waals surface area (Å²) < 4.78 is 0. The fourth-order valence-electron chi connectivity index (χ4n) is 1.78. The molecule has 0 saturated carbocycles. The van der Waals surface area contributed by atoms with Crippen LogP contribution < -0.4 is 5.43 Å². The molecule has 0 spiro atoms. The summed E-state index contributed by atoms with van der Waals surface area (Å²) in [6, 6.07) is 14.6. The summed E-state index contributed by atoms with van der Waals surface area (Å²) in [5.74, 6) is -0.291. The smallest absolute Gasteiger partial charge is 0.267 e. The third-order valence-corrected chi connectivity index (χ3v) is 3.53. The lowest BCUT2D eigenvalue weighted by atomic mass is 10.0. The maximum absolute atomic E-state index is 12.0. The van der Waals surface area contributed by atoms with Crippen molar-refractivity contribution in [3.63, 3.8) is 0 Å². The van der Waals surface area contributed by atoms with Crippen molar-refractivity contribution in [2.75, 3.05) is 0 Å². The maximum atomic E-state index is 12.0. The molecule has 0 heterocycles. The van der Waals surface area contributed by atoms with Crippen LogP contribution >= 0.6 is 23.2 Å². The predicted octanol–water partition coefficient (Wildman–Crippen LogP) is 4.51. The van der Waals surface area contributed by atoms with E-state index in [0.29, 0.717) is 15.6 Å². The Morgan fingerprint density at radius 3 is 2.62 bits per heavy atom. The molecule has 2 rings (SSSR count). The highest BCUT2D eigenvalue weighted by Gasteiger charge is 2.10. The molecule has 0 unspecified atom stereocenters. The fraction of sp³-hybridized carbons (Fsp3) is 0.125. The molecule has 0 aromatic heterocycles. The van der Waals surface area contributed by atoms with Gasteiger partial charge in [0.25, 0.3) is 5.91 Å². The number of hydrogen-bond acceptors (Lipinski definition) is 2. The van der Waals surface area contributed by atoms with Gasteiger partial charge in [-0.3, -0.25) is 4.79 Å². The van der Waals surface area contributed by atoms with Gasteiger partial charge in [-0.1, -0.05) is 60.5 Å². The van der Waals surface area contributed by atoms with Gasteiger partial charge in [-0.15, -0.1) is 0 Å². The second-order valence-electron chi connectivity index (χ2n) is 4.54. The van der Waals surface area contributed by atoms with E-state index in [1.54, 1.807) is 18.3 Å². The lowest BCUT2D eigenvalue weighted by Gasteiger charge is -2.06. The zero-order valence-corrected chi connectivity index (χ0v) is 12.9. The summed E-state index contributed by atoms with van der Waals surface area (Å²) in [5, 5.41) is 4.75. The highest BCUT2D eigenvalue weighted by molar-refractivity contribution is 6.35. The van der Waals surface area contributed by atoms with Crippen LogP contribution in [0.15, 0.2) is 53.6 Å². The highest BCUT2D eigenvalue weighted by atomic mass is 35.5. The van der Waals surface area contributed by atoms with Crippen molar-refractivity contribution in [3.05, 3.63) is 69.7 Å². The van der Waals surface area contributed by atoms with E-state index in [0.717, 1.165) is 5.56 Å². The summed E-state index contributed by atoms with van der Waals surface area (Å²) in [6.45, 7) is 2.00. The fourth-order valence-corrected chi connectivity index (χ4v) is 2.16. The molecule has 0 saturated heterocycles. The average molecular weight is 321 g/mol. The van der Waals surface area contributed by atoms with Gasteiger partial charge in [-0.05, 0) is 23.8 Å². The second-order valence-corrected chi connectivity index (χ2v) is 5.39. The van der Waals surface area contributed by atoms with E-state index in [1.165, 1.54) is 6.07 Å². The van der Waals surface area contributed by atoms with Crippen molar-refractivity contribution >= 4 is 35.3 Å². The first-order valence-electron chi connectivity index (χ1n) is 6.41. The van der Waals surface area contributed by atoms with Gasteiger partial charge in [0.1, 0.15) is 0 Å². The topological polar surface area (TPSA) is 41.5 Å². The van der Waals surface area contributed by atoms with Crippen molar-refractivity contribution < 1.29 is 4.79 Å². The first kappa shape index (κ1) is 15.5. The van der Waals surface area contributed by atoms with Crippen LogP contribution in [0.25, 0.3) is 0 Å². The van der Waals surface area contributed by atoms with Crippen molar-refractivity contribution in [1.29, 1.82) is 0 Å². The zero-order chi connectivity index (χ0) is 15.2. The highest BCUT2D eigenvalue weighted by Crippen LogP contribution is 2.20. The Morgan fingerprint density at radius 1 is 1.19 bits per heavy atom. The van der Waals surface area contributed by atoms with E-state index in [-0.39, 0.29) is 11.8 Å². The number of hydrogen-bond donors (Lipinski definition) is 1. The van der Waals surface area contributed by atoms with Gasteiger partial charge in [0.2, 0.25) is 0 Å². The molecule has 0 fully saturated rings. The molecule has 1 atom stereocenters. The van der Waals surface area contributed by atoms with E-state index in [2.05, 4.69) is 10.5 Å². The number of carbonyl (C=O) groups excluding carboxylic acids is 1. The number of nitrogens with zero attached hydrogens (tertiary/aromatic N) is 1. The van der Waals surface area contributed by atoms with Crippen LogP contribution in [0.5, 0.6) is 0 Å². The molecule has 1 N–H and O–H groups in total. The summed E-state index contributed by atoms with van der Waals surface area (Å²) in [5.41, 5.74) is 3.88. The molecular weight excluding hydrogens is 307 g/mol. The van der Waals surface area contributed by atoms with Crippen LogP contribution in [0, 0.1) is 0 Å². The average Bonchev–Trinajstić information content (AvgIpc) is 2.50. The minimum Gasteiger partial charge on any atom is -0.267 e. The van der Waals surface area contributed by atoms with Gasteiger partial charge in [0.05, 0.1) is 10.6 Å². The molecule has 0 aliphatic heterocycles. The predicted molar refractivity (Wildman–Crippen MR) is 87.3 cm³/mol. The van der Waals surface area contributed by atoms with Gasteiger partial charge in [-0.25, -0.2) is 5.43 Å². The van der Waals surface area contributed by atoms with Crippen molar-refractivity contribution in [2.24, 2.45) is 5.10 Å². The third kappa shape index (κ3) is 4.31. The van der Waals surface area contributed by atoms with Crippen LogP contribution in [0.4, 0.5) is 0 Å². The Bertz CT molecular complexity index is 657. The number of hydrazone groups is 1. The van der Waals surface area contributed by atoms with Crippen molar-refractivity contribution in [3.8, 4) is 0 Å². The van der Waals surface area contributed by atoms with E-state index < -0.39 is 0 Å². The second kappa shape index (κ2) is 7.25. The number of rotatable bonds is 4. The molecule has 0 bridgehead atoms. The third-order valence-electron chi connectivity index (χ3n) is 2.96. The van der Waals surface area contributed by atoms with Gasteiger partial charge in [0, 0.05) is 17.2 Å². The SMILES string of the molecule is C[C@@H](/C=N\NC(=O)c1cc(Cl)ccc1Cl)c1ccccc1. The van der Waals surface area contributed by atoms with E-state index in [4.69, 9.17) is 23.2 Å². The summed E-state index contributed by atoms with van der Waals surface area (Å²) in [4.78, 5) is 12.0. The first-order chi connectivity index (χ1) is 10.1. The van der Waals surface area contributed by atoms with Crippen molar-refractivity contribution in [1.82, 2.24) is 5.43 Å². The molecule has 1 amide bonds. The molecule has 0 aliphatic rings. The Morgan fingerprint density at radius 2 is 1.90 bits per heavy atom. The van der Waals surface area contributed by atoms with E-state index >= 15 is 0 Å². The minimum absolute atomic E-state index is 0.0985. The molecule has 5 heteroatoms. The Labute approximate surface area is 133 Å². The van der Waals surface area contributed by atoms with Gasteiger partial charge >= 0.3 is 0 Å². The Hall–Kier alpha value is -1.84. The number of halogens is 2.